The van der Waals surface area contributed by atoms with Crippen LogP contribution in [0.1, 0.15) is 80.3 Å². The zero-order valence-corrected chi connectivity index (χ0v) is 30.7. The lowest BCUT2D eigenvalue weighted by atomic mass is 9.64. The van der Waals surface area contributed by atoms with Crippen molar-refractivity contribution in [2.45, 2.75) is 81.9 Å². The van der Waals surface area contributed by atoms with E-state index in [0.717, 1.165) is 87.7 Å². The van der Waals surface area contributed by atoms with Gasteiger partial charge in [0.1, 0.15) is 5.75 Å². The maximum Gasteiger partial charge on any atom is 0.264 e. The molecule has 1 saturated heterocycles. The lowest BCUT2D eigenvalue weighted by molar-refractivity contribution is 0.0121. The van der Waals surface area contributed by atoms with Crippen molar-refractivity contribution >= 4 is 33.2 Å². The number of anilines is 1. The fraction of sp³-hybridized carbons (Fsp3) is 0.658. The molecule has 1 spiro atoms. The Morgan fingerprint density at radius 2 is 1.83 bits per heavy atom. The van der Waals surface area contributed by atoms with E-state index in [0.29, 0.717) is 36.0 Å². The van der Waals surface area contributed by atoms with E-state index in [4.69, 9.17) is 16.3 Å². The molecule has 2 aromatic carbocycles. The Kier molecular flexibility index (Phi) is 9.54. The maximum atomic E-state index is 13.5. The summed E-state index contributed by atoms with van der Waals surface area (Å²) in [5.74, 6) is 1.90. The van der Waals surface area contributed by atoms with Gasteiger partial charge in [-0.05, 0) is 131 Å². The van der Waals surface area contributed by atoms with Gasteiger partial charge < -0.3 is 14.5 Å². The Labute approximate surface area is 292 Å². The molecule has 2 fully saturated rings. The second-order valence-electron chi connectivity index (χ2n) is 16.0. The zero-order chi connectivity index (χ0) is 33.8. The summed E-state index contributed by atoms with van der Waals surface area (Å²) in [6, 6.07) is 12.4. The summed E-state index contributed by atoms with van der Waals surface area (Å²) in [4.78, 5) is 21.0. The van der Waals surface area contributed by atoms with Gasteiger partial charge in [0.05, 0.1) is 17.5 Å². The molecule has 0 radical (unpaired) electrons. The third kappa shape index (κ3) is 6.61. The van der Waals surface area contributed by atoms with Crippen LogP contribution in [0.4, 0.5) is 5.69 Å². The van der Waals surface area contributed by atoms with Crippen LogP contribution in [0.2, 0.25) is 5.02 Å². The second-order valence-corrected chi connectivity index (χ2v) is 18.4. The highest BCUT2D eigenvalue weighted by Gasteiger charge is 2.45. The van der Waals surface area contributed by atoms with Crippen LogP contribution in [0, 0.1) is 23.7 Å². The predicted octanol–water partition coefficient (Wildman–Crippen LogP) is 5.97. The summed E-state index contributed by atoms with van der Waals surface area (Å²) in [6.45, 7) is 9.36. The van der Waals surface area contributed by atoms with Gasteiger partial charge in [0.15, 0.2) is 0 Å². The minimum absolute atomic E-state index is 0.0523. The van der Waals surface area contributed by atoms with Crippen LogP contribution in [0.25, 0.3) is 0 Å². The maximum absolute atomic E-state index is 13.5. The number of nitrogens with one attached hydrogen (secondary N) is 1. The van der Waals surface area contributed by atoms with E-state index in [1.807, 2.05) is 25.1 Å². The molecule has 10 heteroatoms. The van der Waals surface area contributed by atoms with Gasteiger partial charge in [-0.15, -0.1) is 0 Å². The largest absolute Gasteiger partial charge is 0.490 e. The first kappa shape index (κ1) is 34.1. The van der Waals surface area contributed by atoms with E-state index in [-0.39, 0.29) is 11.3 Å². The molecule has 2 aromatic rings. The standard InChI is InChI=1S/C38H53ClN4O4S/c1-25-7-5-8-29(19-42-21-32(22-42)41(3)4)33-13-10-30(33)20-43-23-38(16-6-9-27-17-31(39)12-14-34(27)38)24-47-36-15-11-28(18-35(36)43)37(44)40-48(45,46)26(25)2/h11-12,14-15,17-18,25-26,29-30,32-33H,5-10,13,16,19-24H2,1-4H3,(H,40,44)/t25-,26+,29-,30-,33-,38-/m0/s1. The van der Waals surface area contributed by atoms with Gasteiger partial charge in [0.25, 0.3) is 5.91 Å². The highest BCUT2D eigenvalue weighted by molar-refractivity contribution is 7.90. The Hall–Kier alpha value is -2.33. The predicted molar refractivity (Wildman–Crippen MR) is 193 cm³/mol. The topological polar surface area (TPSA) is 82.2 Å². The Morgan fingerprint density at radius 3 is 2.58 bits per heavy atom. The van der Waals surface area contributed by atoms with Crippen molar-refractivity contribution < 1.29 is 17.9 Å². The van der Waals surface area contributed by atoms with Gasteiger partial charge in [-0.3, -0.25) is 9.69 Å². The number of carbonyl (C=O) groups is 1. The number of halogens is 1. The van der Waals surface area contributed by atoms with Gasteiger partial charge in [0, 0.05) is 54.8 Å². The quantitative estimate of drug-likeness (QED) is 0.424. The molecule has 2 bridgehead atoms. The van der Waals surface area contributed by atoms with Crippen LogP contribution in [-0.4, -0.2) is 88.8 Å². The van der Waals surface area contributed by atoms with Gasteiger partial charge in [-0.25, -0.2) is 13.1 Å². The van der Waals surface area contributed by atoms with Crippen molar-refractivity contribution in [1.82, 2.24) is 14.5 Å². The molecule has 1 N–H and O–H groups in total. The van der Waals surface area contributed by atoms with E-state index in [2.05, 4.69) is 45.6 Å². The number of nitrogens with zero attached hydrogens (tertiary/aromatic N) is 3. The Bertz CT molecular complexity index is 1630. The lowest BCUT2D eigenvalue weighted by Gasteiger charge is -2.50. The average molecular weight is 697 g/mol. The molecule has 8 nitrogen and oxygen atoms in total. The number of sulfonamides is 1. The van der Waals surface area contributed by atoms with Gasteiger partial charge in [-0.2, -0.15) is 0 Å². The molecule has 0 unspecified atom stereocenters. The van der Waals surface area contributed by atoms with Crippen LogP contribution in [0.5, 0.6) is 5.75 Å². The monoisotopic (exact) mass is 696 g/mol. The summed E-state index contributed by atoms with van der Waals surface area (Å²) >= 11 is 6.47. The molecule has 1 amide bonds. The van der Waals surface area contributed by atoms with Crippen molar-refractivity contribution in [3.63, 3.8) is 0 Å². The minimum atomic E-state index is -3.85. The number of aryl methyl sites for hydroxylation is 1. The molecular formula is C38H53ClN4O4S. The van der Waals surface area contributed by atoms with E-state index in [1.165, 1.54) is 24.0 Å². The number of carbonyl (C=O) groups excluding carboxylic acids is 1. The molecule has 0 aromatic heterocycles. The molecule has 2 aliphatic carbocycles. The molecule has 5 aliphatic rings. The SMILES string of the molecule is C[C@@H]1[C@@H](C)CCC[C@@H](CN2CC(N(C)C)C2)[C@@H]2CC[C@H]2CN2C[C@@]3(CCCc4cc(Cl)ccc43)COc3ccc(cc32)C(=O)NS1(=O)=O. The van der Waals surface area contributed by atoms with Crippen LogP contribution < -0.4 is 14.4 Å². The zero-order valence-electron chi connectivity index (χ0n) is 29.1. The first-order chi connectivity index (χ1) is 22.9. The Balaban J connectivity index is 1.25. The van der Waals surface area contributed by atoms with Crippen molar-refractivity contribution in [2.75, 3.05) is 58.3 Å². The Morgan fingerprint density at radius 1 is 1.02 bits per heavy atom. The van der Waals surface area contributed by atoms with Crippen molar-refractivity contribution in [3.8, 4) is 5.75 Å². The highest BCUT2D eigenvalue weighted by atomic mass is 35.5. The smallest absolute Gasteiger partial charge is 0.264 e. The molecule has 1 saturated carbocycles. The molecule has 48 heavy (non-hydrogen) atoms. The summed E-state index contributed by atoms with van der Waals surface area (Å²) in [6.07, 6.45) is 8.49. The van der Waals surface area contributed by atoms with Crippen LogP contribution in [0.15, 0.2) is 36.4 Å². The normalized spacial score (nSPS) is 32.7. The van der Waals surface area contributed by atoms with Crippen LogP contribution >= 0.6 is 11.6 Å². The molecule has 3 heterocycles. The summed E-state index contributed by atoms with van der Waals surface area (Å²) < 4.78 is 36.0. The van der Waals surface area contributed by atoms with Gasteiger partial charge in [-0.1, -0.05) is 31.0 Å². The number of amides is 1. The van der Waals surface area contributed by atoms with E-state index >= 15 is 0 Å². The highest BCUT2D eigenvalue weighted by Crippen LogP contribution is 2.48. The van der Waals surface area contributed by atoms with Crippen molar-refractivity contribution in [1.29, 1.82) is 0 Å². The number of ether oxygens (including phenoxy) is 1. The van der Waals surface area contributed by atoms with E-state index < -0.39 is 21.2 Å². The van der Waals surface area contributed by atoms with Crippen LogP contribution in [-0.2, 0) is 21.9 Å². The van der Waals surface area contributed by atoms with Crippen LogP contribution in [0.3, 0.4) is 0 Å². The number of likely N-dealkylation sites (tertiary alicyclic amines) is 1. The average Bonchev–Trinajstić information content (AvgIpc) is 3.16. The molecule has 3 aliphatic heterocycles. The van der Waals surface area contributed by atoms with Gasteiger partial charge >= 0.3 is 0 Å². The van der Waals surface area contributed by atoms with E-state index in [1.54, 1.807) is 13.0 Å². The third-order valence-corrected chi connectivity index (χ3v) is 14.9. The molecule has 6 atom stereocenters. The summed E-state index contributed by atoms with van der Waals surface area (Å²) in [7, 11) is 0.497. The lowest BCUT2D eigenvalue weighted by Crippen LogP contribution is -2.59. The fourth-order valence-corrected chi connectivity index (χ4v) is 10.8. The van der Waals surface area contributed by atoms with Crippen molar-refractivity contribution in [3.05, 3.63) is 58.1 Å². The number of fused-ring (bicyclic) bond motifs is 4. The first-order valence-electron chi connectivity index (χ1n) is 18.2. The third-order valence-electron chi connectivity index (χ3n) is 12.8. The molecular weight excluding hydrogens is 644 g/mol. The number of hydrogen-bond donors (Lipinski definition) is 1. The molecule has 262 valence electrons. The summed E-state index contributed by atoms with van der Waals surface area (Å²) in [5.41, 5.74) is 3.67. The number of hydrogen-bond acceptors (Lipinski definition) is 7. The fourth-order valence-electron chi connectivity index (χ4n) is 9.29. The minimum Gasteiger partial charge on any atom is -0.490 e. The number of likely N-dealkylation sites (N-methyl/N-ethyl adjacent to an activating group) is 1. The van der Waals surface area contributed by atoms with E-state index in [9.17, 15) is 13.2 Å². The number of benzene rings is 2. The summed E-state index contributed by atoms with van der Waals surface area (Å²) in [5, 5.41) is 0.103. The second kappa shape index (κ2) is 13.4. The van der Waals surface area contributed by atoms with Crippen molar-refractivity contribution in [2.24, 2.45) is 23.7 Å². The number of rotatable bonds is 3. The van der Waals surface area contributed by atoms with Gasteiger partial charge in [0.2, 0.25) is 10.0 Å². The first-order valence-corrected chi connectivity index (χ1v) is 20.1. The molecule has 7 rings (SSSR count).